The highest BCUT2D eigenvalue weighted by molar-refractivity contribution is 4.91. The van der Waals surface area contributed by atoms with E-state index in [4.69, 9.17) is 0 Å². The van der Waals surface area contributed by atoms with Crippen LogP contribution in [0.25, 0.3) is 0 Å². The molecule has 0 saturated heterocycles. The molecule has 0 aliphatic rings. The monoisotopic (exact) mass is 183 g/mol. The van der Waals surface area contributed by atoms with Crippen molar-refractivity contribution in [3.63, 3.8) is 0 Å². The summed E-state index contributed by atoms with van der Waals surface area (Å²) in [4.78, 5) is 0. The lowest BCUT2D eigenvalue weighted by atomic mass is 9.74. The summed E-state index contributed by atoms with van der Waals surface area (Å²) in [5.74, 6) is 4.21. The van der Waals surface area contributed by atoms with Gasteiger partial charge in [0.15, 0.2) is 0 Å². The SMILES string of the molecule is CCCC([C-](C)C)C(CC)C(C)C. The fourth-order valence-corrected chi connectivity index (χ4v) is 2.46. The standard InChI is InChI=1S/C13H27/c1-7-9-13(11(5)6)12(8-2)10(3)4/h10,12-13H,7-9H2,1-6H3/q-1. The summed E-state index contributed by atoms with van der Waals surface area (Å²) in [6.45, 7) is 13.9. The molecule has 0 heterocycles. The van der Waals surface area contributed by atoms with Crippen molar-refractivity contribution in [2.75, 3.05) is 0 Å². The van der Waals surface area contributed by atoms with Crippen LogP contribution in [0.3, 0.4) is 0 Å². The topological polar surface area (TPSA) is 0 Å². The van der Waals surface area contributed by atoms with Gasteiger partial charge >= 0.3 is 0 Å². The van der Waals surface area contributed by atoms with E-state index in [2.05, 4.69) is 41.5 Å². The van der Waals surface area contributed by atoms with E-state index in [1.807, 2.05) is 0 Å². The van der Waals surface area contributed by atoms with E-state index in [0.29, 0.717) is 0 Å². The van der Waals surface area contributed by atoms with Gasteiger partial charge in [-0.2, -0.15) is 19.8 Å². The molecule has 0 aromatic heterocycles. The average Bonchev–Trinajstić information content (AvgIpc) is 2.03. The largest absolute Gasteiger partial charge is 0.316 e. The fourth-order valence-electron chi connectivity index (χ4n) is 2.46. The van der Waals surface area contributed by atoms with E-state index in [0.717, 1.165) is 17.8 Å². The molecule has 0 N–H and O–H groups in total. The summed E-state index contributed by atoms with van der Waals surface area (Å²) in [7, 11) is 0. The predicted octanol–water partition coefficient (Wildman–Crippen LogP) is 4.70. The summed E-state index contributed by atoms with van der Waals surface area (Å²) in [5, 5.41) is 0. The third kappa shape index (κ3) is 4.15. The van der Waals surface area contributed by atoms with Gasteiger partial charge in [-0.3, -0.25) is 0 Å². The number of hydrogen-bond acceptors (Lipinski definition) is 0. The second-order valence-electron chi connectivity index (χ2n) is 4.79. The summed E-state index contributed by atoms with van der Waals surface area (Å²) in [6, 6.07) is 0. The van der Waals surface area contributed by atoms with E-state index in [1.54, 1.807) is 5.92 Å². The van der Waals surface area contributed by atoms with Crippen molar-refractivity contribution in [3.05, 3.63) is 5.92 Å². The predicted molar refractivity (Wildman–Crippen MR) is 61.6 cm³/mol. The minimum absolute atomic E-state index is 0.830. The van der Waals surface area contributed by atoms with Crippen LogP contribution in [0.4, 0.5) is 0 Å². The van der Waals surface area contributed by atoms with Gasteiger partial charge in [0.25, 0.3) is 0 Å². The van der Waals surface area contributed by atoms with Crippen LogP contribution in [0.1, 0.15) is 60.8 Å². The summed E-state index contributed by atoms with van der Waals surface area (Å²) in [6.07, 6.45) is 4.02. The molecule has 13 heavy (non-hydrogen) atoms. The highest BCUT2D eigenvalue weighted by atomic mass is 14.3. The second-order valence-corrected chi connectivity index (χ2v) is 4.79. The van der Waals surface area contributed by atoms with Crippen molar-refractivity contribution in [1.29, 1.82) is 0 Å². The Morgan fingerprint density at radius 3 is 1.85 bits per heavy atom. The highest BCUT2D eigenvalue weighted by Crippen LogP contribution is 2.34. The van der Waals surface area contributed by atoms with Crippen LogP contribution in [0.15, 0.2) is 0 Å². The molecule has 0 aromatic rings. The Hall–Kier alpha value is 0. The lowest BCUT2D eigenvalue weighted by molar-refractivity contribution is 0.242. The first kappa shape index (κ1) is 13.0. The molecule has 2 atom stereocenters. The lowest BCUT2D eigenvalue weighted by Gasteiger charge is -2.41. The zero-order valence-corrected chi connectivity index (χ0v) is 10.4. The Labute approximate surface area is 85.1 Å². The van der Waals surface area contributed by atoms with Gasteiger partial charge in [-0.25, -0.2) is 0 Å². The third-order valence-electron chi connectivity index (χ3n) is 3.19. The molecule has 0 amide bonds. The van der Waals surface area contributed by atoms with E-state index >= 15 is 0 Å². The lowest BCUT2D eigenvalue weighted by Crippen LogP contribution is -2.23. The van der Waals surface area contributed by atoms with Gasteiger partial charge in [-0.15, -0.1) is 0 Å². The van der Waals surface area contributed by atoms with Gasteiger partial charge in [-0.05, 0) is 5.92 Å². The third-order valence-corrected chi connectivity index (χ3v) is 3.19. The Bertz CT molecular complexity index is 113. The Morgan fingerprint density at radius 1 is 1.08 bits per heavy atom. The molecule has 0 radical (unpaired) electrons. The molecule has 0 aliphatic heterocycles. The van der Waals surface area contributed by atoms with Crippen LogP contribution < -0.4 is 0 Å². The van der Waals surface area contributed by atoms with Crippen molar-refractivity contribution < 1.29 is 0 Å². The minimum atomic E-state index is 0.830. The summed E-state index contributed by atoms with van der Waals surface area (Å²) < 4.78 is 0. The van der Waals surface area contributed by atoms with Crippen LogP contribution in [0, 0.1) is 23.7 Å². The van der Waals surface area contributed by atoms with Crippen molar-refractivity contribution in [3.8, 4) is 0 Å². The van der Waals surface area contributed by atoms with Crippen LogP contribution in [-0.4, -0.2) is 0 Å². The van der Waals surface area contributed by atoms with Crippen LogP contribution >= 0.6 is 0 Å². The molecular weight excluding hydrogens is 156 g/mol. The first-order valence-electron chi connectivity index (χ1n) is 5.84. The molecule has 0 aliphatic carbocycles. The van der Waals surface area contributed by atoms with Gasteiger partial charge in [0.2, 0.25) is 0 Å². The molecule has 0 spiro atoms. The molecular formula is C13H27-. The number of hydrogen-bond donors (Lipinski definition) is 0. The van der Waals surface area contributed by atoms with E-state index in [-0.39, 0.29) is 0 Å². The first-order chi connectivity index (χ1) is 6.04. The van der Waals surface area contributed by atoms with E-state index in [1.165, 1.54) is 19.3 Å². The normalized spacial score (nSPS) is 16.6. The molecule has 0 rings (SSSR count). The van der Waals surface area contributed by atoms with Crippen LogP contribution in [0.5, 0.6) is 0 Å². The smallest absolute Gasteiger partial charge is 0.0465 e. The molecule has 2 unspecified atom stereocenters. The summed E-state index contributed by atoms with van der Waals surface area (Å²) >= 11 is 0. The van der Waals surface area contributed by atoms with E-state index in [9.17, 15) is 0 Å². The maximum Gasteiger partial charge on any atom is -0.0465 e. The quantitative estimate of drug-likeness (QED) is 0.524. The van der Waals surface area contributed by atoms with Gasteiger partial charge in [-0.1, -0.05) is 52.9 Å². The molecule has 80 valence electrons. The Morgan fingerprint density at radius 2 is 1.62 bits per heavy atom. The molecule has 0 saturated carbocycles. The van der Waals surface area contributed by atoms with Crippen molar-refractivity contribution in [1.82, 2.24) is 0 Å². The van der Waals surface area contributed by atoms with E-state index < -0.39 is 0 Å². The van der Waals surface area contributed by atoms with Crippen LogP contribution in [0.2, 0.25) is 0 Å². The molecule has 0 aromatic carbocycles. The molecule has 0 nitrogen and oxygen atoms in total. The maximum atomic E-state index is 2.36. The zero-order valence-electron chi connectivity index (χ0n) is 10.4. The second kappa shape index (κ2) is 6.45. The minimum Gasteiger partial charge on any atom is -0.316 e. The van der Waals surface area contributed by atoms with Crippen molar-refractivity contribution in [2.45, 2.75) is 60.8 Å². The summed E-state index contributed by atoms with van der Waals surface area (Å²) in [5.41, 5.74) is 0. The number of rotatable bonds is 6. The van der Waals surface area contributed by atoms with Gasteiger partial charge in [0, 0.05) is 0 Å². The molecule has 0 bridgehead atoms. The Balaban J connectivity index is 4.29. The maximum absolute atomic E-state index is 2.36. The van der Waals surface area contributed by atoms with Crippen LogP contribution in [-0.2, 0) is 0 Å². The van der Waals surface area contributed by atoms with Crippen molar-refractivity contribution >= 4 is 0 Å². The fraction of sp³-hybridized carbons (Fsp3) is 0.923. The van der Waals surface area contributed by atoms with Gasteiger partial charge in [0.1, 0.15) is 0 Å². The Kier molecular flexibility index (Phi) is 6.45. The zero-order chi connectivity index (χ0) is 10.4. The van der Waals surface area contributed by atoms with Gasteiger partial charge < -0.3 is 5.92 Å². The molecule has 0 heteroatoms. The van der Waals surface area contributed by atoms with Crippen molar-refractivity contribution in [2.24, 2.45) is 17.8 Å². The highest BCUT2D eigenvalue weighted by Gasteiger charge is 2.17. The average molecular weight is 183 g/mol. The molecule has 0 fully saturated rings. The van der Waals surface area contributed by atoms with Gasteiger partial charge in [0.05, 0.1) is 0 Å². The first-order valence-corrected chi connectivity index (χ1v) is 5.84.